The van der Waals surface area contributed by atoms with Crippen LogP contribution in [0, 0.1) is 6.92 Å². The van der Waals surface area contributed by atoms with Crippen LogP contribution in [0.3, 0.4) is 0 Å². The Bertz CT molecular complexity index is 358. The van der Waals surface area contributed by atoms with Crippen LogP contribution >= 0.6 is 11.8 Å². The van der Waals surface area contributed by atoms with E-state index in [4.69, 9.17) is 5.11 Å². The first kappa shape index (κ1) is 11.1. The van der Waals surface area contributed by atoms with E-state index in [9.17, 15) is 4.79 Å². The smallest absolute Gasteiger partial charge is 0.319 e. The minimum Gasteiger partial charge on any atom is -0.480 e. The molecule has 0 spiro atoms. The largest absolute Gasteiger partial charge is 0.480 e. The third-order valence-electron chi connectivity index (χ3n) is 1.83. The Morgan fingerprint density at radius 2 is 2.21 bits per heavy atom. The summed E-state index contributed by atoms with van der Waals surface area (Å²) in [5.41, 5.74) is 0.899. The van der Waals surface area contributed by atoms with Gasteiger partial charge >= 0.3 is 5.97 Å². The highest BCUT2D eigenvalue weighted by molar-refractivity contribution is 8.01. The van der Waals surface area contributed by atoms with Crippen molar-refractivity contribution < 1.29 is 9.90 Å². The molecule has 78 valence electrons. The predicted octanol–water partition coefficient (Wildman–Crippen LogP) is 1.68. The summed E-state index contributed by atoms with van der Waals surface area (Å²) in [4.78, 5) is 10.9. The maximum Gasteiger partial charge on any atom is 0.319 e. The molecule has 5 heteroatoms. The van der Waals surface area contributed by atoms with E-state index in [1.165, 1.54) is 11.8 Å². The van der Waals surface area contributed by atoms with Crippen molar-refractivity contribution in [1.82, 2.24) is 9.78 Å². The molecule has 1 heterocycles. The van der Waals surface area contributed by atoms with Crippen LogP contribution in [0.25, 0.3) is 0 Å². The van der Waals surface area contributed by atoms with E-state index in [1.807, 2.05) is 20.0 Å². The van der Waals surface area contributed by atoms with Crippen molar-refractivity contribution in [1.29, 1.82) is 0 Å². The van der Waals surface area contributed by atoms with Crippen LogP contribution in [-0.2, 0) is 11.8 Å². The summed E-state index contributed by atoms with van der Waals surface area (Å²) in [5, 5.41) is 14.0. The van der Waals surface area contributed by atoms with Gasteiger partial charge < -0.3 is 5.11 Å². The molecule has 1 aromatic heterocycles. The van der Waals surface area contributed by atoms with Gasteiger partial charge in [0.25, 0.3) is 0 Å². The fourth-order valence-corrected chi connectivity index (χ4v) is 2.00. The molecule has 0 atom stereocenters. The highest BCUT2D eigenvalue weighted by Crippen LogP contribution is 2.32. The number of carboxylic acid groups (broad SMARTS) is 1. The standard InChI is InChI=1S/C9H14N2O2S/c1-6-5-7(11(4)10-6)14-9(2,3)8(12)13/h5H,1-4H3,(H,12,13). The van der Waals surface area contributed by atoms with E-state index < -0.39 is 10.7 Å². The van der Waals surface area contributed by atoms with Crippen LogP contribution < -0.4 is 0 Å². The van der Waals surface area contributed by atoms with E-state index >= 15 is 0 Å². The second kappa shape index (κ2) is 3.65. The summed E-state index contributed by atoms with van der Waals surface area (Å²) < 4.78 is 0.880. The zero-order chi connectivity index (χ0) is 10.9. The van der Waals surface area contributed by atoms with Gasteiger partial charge in [0.05, 0.1) is 10.7 Å². The van der Waals surface area contributed by atoms with Gasteiger partial charge in [0.15, 0.2) is 0 Å². The van der Waals surface area contributed by atoms with Gasteiger partial charge in [-0.1, -0.05) is 11.8 Å². The molecule has 0 aliphatic carbocycles. The minimum atomic E-state index is -0.819. The number of aromatic nitrogens is 2. The molecule has 0 unspecified atom stereocenters. The molecule has 0 saturated heterocycles. The normalized spacial score (nSPS) is 11.7. The monoisotopic (exact) mass is 214 g/mol. The number of aryl methyl sites for hydroxylation is 2. The molecular weight excluding hydrogens is 200 g/mol. The van der Waals surface area contributed by atoms with Gasteiger partial charge in [0, 0.05) is 7.05 Å². The van der Waals surface area contributed by atoms with Crippen LogP contribution in [0.15, 0.2) is 11.1 Å². The second-order valence-corrected chi connectivity index (χ2v) is 5.31. The predicted molar refractivity (Wildman–Crippen MR) is 55.5 cm³/mol. The highest BCUT2D eigenvalue weighted by Gasteiger charge is 2.29. The fourth-order valence-electron chi connectivity index (χ4n) is 0.987. The molecule has 14 heavy (non-hydrogen) atoms. The first-order valence-electron chi connectivity index (χ1n) is 4.26. The van der Waals surface area contributed by atoms with Gasteiger partial charge in [-0.25, -0.2) is 0 Å². The Morgan fingerprint density at radius 1 is 1.64 bits per heavy atom. The lowest BCUT2D eigenvalue weighted by Gasteiger charge is -2.17. The van der Waals surface area contributed by atoms with E-state index in [0.29, 0.717) is 0 Å². The van der Waals surface area contributed by atoms with E-state index in [-0.39, 0.29) is 0 Å². The summed E-state index contributed by atoms with van der Waals surface area (Å²) in [7, 11) is 1.81. The van der Waals surface area contributed by atoms with Crippen molar-refractivity contribution >= 4 is 17.7 Å². The van der Waals surface area contributed by atoms with Gasteiger partial charge in [0.1, 0.15) is 4.75 Å². The first-order valence-corrected chi connectivity index (χ1v) is 5.07. The number of hydrogen-bond acceptors (Lipinski definition) is 3. The van der Waals surface area contributed by atoms with Gasteiger partial charge in [-0.2, -0.15) is 5.10 Å². The van der Waals surface area contributed by atoms with Crippen molar-refractivity contribution in [2.75, 3.05) is 0 Å². The maximum absolute atomic E-state index is 10.9. The fraction of sp³-hybridized carbons (Fsp3) is 0.556. The third kappa shape index (κ3) is 2.29. The zero-order valence-electron chi connectivity index (χ0n) is 8.74. The van der Waals surface area contributed by atoms with Gasteiger partial charge in [-0.05, 0) is 26.8 Å². The molecule has 0 aliphatic rings. The number of rotatable bonds is 3. The number of hydrogen-bond donors (Lipinski definition) is 1. The lowest BCUT2D eigenvalue weighted by molar-refractivity contribution is -0.138. The van der Waals surface area contributed by atoms with E-state index in [2.05, 4.69) is 5.10 Å². The summed E-state index contributed by atoms with van der Waals surface area (Å²) in [6.07, 6.45) is 0. The number of nitrogens with zero attached hydrogens (tertiary/aromatic N) is 2. The molecular formula is C9H14N2O2S. The van der Waals surface area contributed by atoms with Crippen molar-refractivity contribution in [3.63, 3.8) is 0 Å². The summed E-state index contributed by atoms with van der Waals surface area (Å²) in [6.45, 7) is 5.25. The van der Waals surface area contributed by atoms with Crippen LogP contribution in [0.4, 0.5) is 0 Å². The molecule has 1 N–H and O–H groups in total. The molecule has 0 saturated carbocycles. The Balaban J connectivity index is 2.88. The lowest BCUT2D eigenvalue weighted by Crippen LogP contribution is -2.27. The molecule has 0 radical (unpaired) electrons. The summed E-state index contributed by atoms with van der Waals surface area (Å²) >= 11 is 1.30. The Labute approximate surface area is 87.3 Å². The van der Waals surface area contributed by atoms with Crippen LogP contribution in [0.2, 0.25) is 0 Å². The average molecular weight is 214 g/mol. The Kier molecular flexibility index (Phi) is 2.89. The molecule has 0 bridgehead atoms. The second-order valence-electron chi connectivity index (χ2n) is 3.67. The molecule has 1 rings (SSSR count). The quantitative estimate of drug-likeness (QED) is 0.778. The van der Waals surface area contributed by atoms with E-state index in [0.717, 1.165) is 10.7 Å². The first-order chi connectivity index (χ1) is 6.33. The third-order valence-corrected chi connectivity index (χ3v) is 3.11. The summed E-state index contributed by atoms with van der Waals surface area (Å²) in [5.74, 6) is -0.818. The van der Waals surface area contributed by atoms with Crippen molar-refractivity contribution in [2.24, 2.45) is 7.05 Å². The molecule has 0 aliphatic heterocycles. The minimum absolute atomic E-state index is 0.818. The van der Waals surface area contributed by atoms with Gasteiger partial charge in [-0.3, -0.25) is 9.48 Å². The molecule has 4 nitrogen and oxygen atoms in total. The van der Waals surface area contributed by atoms with Crippen LogP contribution in [-0.4, -0.2) is 25.6 Å². The highest BCUT2D eigenvalue weighted by atomic mass is 32.2. The number of carboxylic acids is 1. The summed E-state index contributed by atoms with van der Waals surface area (Å²) in [6, 6.07) is 1.88. The Morgan fingerprint density at radius 3 is 2.57 bits per heavy atom. The van der Waals surface area contributed by atoms with Crippen LogP contribution in [0.5, 0.6) is 0 Å². The van der Waals surface area contributed by atoms with E-state index in [1.54, 1.807) is 18.5 Å². The molecule has 0 amide bonds. The molecule has 0 aromatic carbocycles. The SMILES string of the molecule is Cc1cc(SC(C)(C)C(=O)O)n(C)n1. The Hall–Kier alpha value is -0.970. The van der Waals surface area contributed by atoms with Gasteiger partial charge in [-0.15, -0.1) is 0 Å². The number of carbonyl (C=O) groups is 1. The van der Waals surface area contributed by atoms with Crippen molar-refractivity contribution in [3.05, 3.63) is 11.8 Å². The van der Waals surface area contributed by atoms with Crippen molar-refractivity contribution in [3.8, 4) is 0 Å². The zero-order valence-corrected chi connectivity index (χ0v) is 9.55. The lowest BCUT2D eigenvalue weighted by atomic mass is 10.2. The average Bonchev–Trinajstić information content (AvgIpc) is 2.29. The number of aliphatic carboxylic acids is 1. The van der Waals surface area contributed by atoms with Crippen molar-refractivity contribution in [2.45, 2.75) is 30.5 Å². The number of thioether (sulfide) groups is 1. The molecule has 0 fully saturated rings. The van der Waals surface area contributed by atoms with Crippen LogP contribution in [0.1, 0.15) is 19.5 Å². The molecule has 1 aromatic rings. The van der Waals surface area contributed by atoms with Gasteiger partial charge in [0.2, 0.25) is 0 Å². The maximum atomic E-state index is 10.9. The topological polar surface area (TPSA) is 55.1 Å².